The molecule has 0 bridgehead atoms. The Hall–Kier alpha value is -2.39. The van der Waals surface area contributed by atoms with Gasteiger partial charge in [0.15, 0.2) is 17.3 Å². The van der Waals surface area contributed by atoms with Crippen LogP contribution in [0.1, 0.15) is 19.4 Å². The maximum absolute atomic E-state index is 5.71. The number of nitrogens with zero attached hydrogens (tertiary/aromatic N) is 3. The molecule has 7 nitrogen and oxygen atoms in total. The van der Waals surface area contributed by atoms with E-state index in [1.165, 1.54) is 0 Å². The monoisotopic (exact) mass is 449 g/mol. The van der Waals surface area contributed by atoms with Gasteiger partial charge in [-0.25, -0.2) is 9.77 Å². The Labute approximate surface area is 170 Å². The number of hydrogen-bond donors (Lipinski definition) is 2. The number of aromatic amines is 1. The molecule has 3 rings (SSSR count). The lowest BCUT2D eigenvalue weighted by molar-refractivity contribution is 0.287. The van der Waals surface area contributed by atoms with Crippen molar-refractivity contribution in [2.24, 2.45) is 0 Å². The molecule has 27 heavy (non-hydrogen) atoms. The van der Waals surface area contributed by atoms with Gasteiger partial charge in [0.2, 0.25) is 4.77 Å². The summed E-state index contributed by atoms with van der Waals surface area (Å²) >= 11 is 8.96. The first-order valence-corrected chi connectivity index (χ1v) is 9.73. The Kier molecular flexibility index (Phi) is 6.46. The summed E-state index contributed by atoms with van der Waals surface area (Å²) in [5.41, 5.74) is 5.22. The van der Waals surface area contributed by atoms with E-state index < -0.39 is 0 Å². The van der Waals surface area contributed by atoms with Gasteiger partial charge in [0.05, 0.1) is 19.8 Å². The van der Waals surface area contributed by atoms with E-state index in [-0.39, 0.29) is 0 Å². The molecule has 2 heterocycles. The molecule has 9 heteroatoms. The highest BCUT2D eigenvalue weighted by Gasteiger charge is 2.13. The van der Waals surface area contributed by atoms with Gasteiger partial charge in [0, 0.05) is 22.4 Å². The maximum atomic E-state index is 5.71. The minimum Gasteiger partial charge on any atom is -0.490 e. The molecular weight excluding hydrogens is 430 g/mol. The van der Waals surface area contributed by atoms with Crippen molar-refractivity contribution in [3.05, 3.63) is 51.5 Å². The molecule has 0 radical (unpaired) electrons. The average Bonchev–Trinajstić information content (AvgIpc) is 3.04. The fourth-order valence-electron chi connectivity index (χ4n) is 2.55. The number of pyridine rings is 1. The van der Waals surface area contributed by atoms with Crippen molar-refractivity contribution in [1.82, 2.24) is 19.9 Å². The second kappa shape index (κ2) is 9.01. The van der Waals surface area contributed by atoms with Gasteiger partial charge in [0.25, 0.3) is 0 Å². The molecule has 142 valence electrons. The molecule has 3 aromatic rings. The summed E-state index contributed by atoms with van der Waals surface area (Å²) in [6.07, 6.45) is 3.43. The number of hydrogen-bond acceptors (Lipinski definition) is 6. The van der Waals surface area contributed by atoms with E-state index in [9.17, 15) is 0 Å². The van der Waals surface area contributed by atoms with E-state index >= 15 is 0 Å². The second-order valence-electron chi connectivity index (χ2n) is 5.51. The Balaban J connectivity index is 1.86. The molecular formula is C18H20BrN5O2S. The van der Waals surface area contributed by atoms with E-state index in [1.807, 2.05) is 38.1 Å². The molecule has 0 aliphatic carbocycles. The number of aromatic nitrogens is 4. The molecule has 0 amide bonds. The quantitative estimate of drug-likeness (QED) is 0.499. The molecule has 2 aromatic heterocycles. The lowest BCUT2D eigenvalue weighted by Gasteiger charge is -2.16. The third-order valence-electron chi connectivity index (χ3n) is 3.75. The third kappa shape index (κ3) is 4.48. The fourth-order valence-corrected chi connectivity index (χ4v) is 3.21. The van der Waals surface area contributed by atoms with Crippen molar-refractivity contribution in [1.29, 1.82) is 0 Å². The van der Waals surface area contributed by atoms with Gasteiger partial charge < -0.3 is 14.9 Å². The number of rotatable bonds is 8. The number of ether oxygens (including phenoxy) is 2. The molecule has 2 N–H and O–H groups in total. The highest BCUT2D eigenvalue weighted by molar-refractivity contribution is 9.10. The molecule has 0 spiro atoms. The van der Waals surface area contributed by atoms with Crippen LogP contribution < -0.4 is 14.9 Å². The van der Waals surface area contributed by atoms with Crippen molar-refractivity contribution in [2.75, 3.05) is 18.6 Å². The third-order valence-corrected chi connectivity index (χ3v) is 4.76. The summed E-state index contributed by atoms with van der Waals surface area (Å²) in [5, 5.41) is 7.13. The van der Waals surface area contributed by atoms with Crippen LogP contribution in [0.25, 0.3) is 11.4 Å². The van der Waals surface area contributed by atoms with Crippen LogP contribution in [-0.2, 0) is 6.54 Å². The molecule has 0 fully saturated rings. The summed E-state index contributed by atoms with van der Waals surface area (Å²) in [4.78, 5) is 4.04. The van der Waals surface area contributed by atoms with E-state index in [1.54, 1.807) is 17.1 Å². The van der Waals surface area contributed by atoms with Crippen LogP contribution in [0.4, 0.5) is 0 Å². The van der Waals surface area contributed by atoms with E-state index in [0.29, 0.717) is 41.9 Å². The van der Waals surface area contributed by atoms with Crippen LogP contribution in [0.5, 0.6) is 11.5 Å². The van der Waals surface area contributed by atoms with Crippen LogP contribution in [0.2, 0.25) is 0 Å². The molecule has 0 aliphatic heterocycles. The fraction of sp³-hybridized carbons (Fsp3) is 0.278. The minimum absolute atomic E-state index is 0.480. The van der Waals surface area contributed by atoms with E-state index in [2.05, 4.69) is 36.5 Å². The second-order valence-corrected chi connectivity index (χ2v) is 6.76. The first-order valence-electron chi connectivity index (χ1n) is 8.53. The van der Waals surface area contributed by atoms with Gasteiger partial charge in [-0.05, 0) is 55.9 Å². The van der Waals surface area contributed by atoms with Crippen molar-refractivity contribution in [2.45, 2.75) is 20.4 Å². The largest absolute Gasteiger partial charge is 0.490 e. The maximum Gasteiger partial charge on any atom is 0.214 e. The molecule has 0 unspecified atom stereocenters. The number of benzene rings is 1. The smallest absolute Gasteiger partial charge is 0.214 e. The molecule has 0 aliphatic rings. The van der Waals surface area contributed by atoms with E-state index in [4.69, 9.17) is 21.7 Å². The lowest BCUT2D eigenvalue weighted by atomic mass is 10.2. The van der Waals surface area contributed by atoms with Gasteiger partial charge in [-0.1, -0.05) is 15.9 Å². The summed E-state index contributed by atoms with van der Waals surface area (Å²) in [7, 11) is 0. The van der Waals surface area contributed by atoms with Crippen LogP contribution in [0.15, 0.2) is 41.1 Å². The van der Waals surface area contributed by atoms with Gasteiger partial charge in [-0.15, -0.1) is 0 Å². The van der Waals surface area contributed by atoms with Gasteiger partial charge in [-0.2, -0.15) is 5.10 Å². The molecule has 0 atom stereocenters. The Morgan fingerprint density at radius 3 is 2.48 bits per heavy atom. The standard InChI is InChI=1S/C18H20BrN5O2S/c1-3-25-15-9-13(14(19)10-16(15)26-4-2)11-21-24-17(22-23-18(24)27)12-5-7-20-8-6-12/h5-10,21H,3-4,11H2,1-2H3,(H,23,27). The Bertz CT molecular complexity index is 958. The zero-order valence-corrected chi connectivity index (χ0v) is 17.4. The van der Waals surface area contributed by atoms with Crippen molar-refractivity contribution >= 4 is 28.1 Å². The highest BCUT2D eigenvalue weighted by atomic mass is 79.9. The Morgan fingerprint density at radius 1 is 1.15 bits per heavy atom. The van der Waals surface area contributed by atoms with Crippen molar-refractivity contribution in [3.8, 4) is 22.9 Å². The van der Waals surface area contributed by atoms with Crippen molar-refractivity contribution in [3.63, 3.8) is 0 Å². The van der Waals surface area contributed by atoms with Crippen LogP contribution in [-0.4, -0.2) is 33.1 Å². The highest BCUT2D eigenvalue weighted by Crippen LogP contribution is 2.34. The van der Waals surface area contributed by atoms with Crippen LogP contribution >= 0.6 is 28.1 Å². The predicted octanol–water partition coefficient (Wildman–Crippen LogP) is 4.31. The first-order chi connectivity index (χ1) is 13.1. The number of H-pyrrole nitrogens is 1. The topological polar surface area (TPSA) is 77.0 Å². The number of nitrogens with one attached hydrogen (secondary N) is 2. The summed E-state index contributed by atoms with van der Waals surface area (Å²) in [6, 6.07) is 7.64. The predicted molar refractivity (Wildman–Crippen MR) is 110 cm³/mol. The molecule has 0 saturated heterocycles. The summed E-state index contributed by atoms with van der Waals surface area (Å²) in [6.45, 7) is 5.54. The van der Waals surface area contributed by atoms with Crippen LogP contribution in [0.3, 0.4) is 0 Å². The van der Waals surface area contributed by atoms with E-state index in [0.717, 1.165) is 15.6 Å². The minimum atomic E-state index is 0.480. The SMILES string of the molecule is CCOc1cc(Br)c(CNn2c(-c3ccncc3)n[nH]c2=S)cc1OCC. The van der Waals surface area contributed by atoms with Crippen LogP contribution in [0, 0.1) is 4.77 Å². The molecule has 1 aromatic carbocycles. The van der Waals surface area contributed by atoms with Gasteiger partial charge in [-0.3, -0.25) is 4.98 Å². The average molecular weight is 450 g/mol. The number of halogens is 1. The molecule has 0 saturated carbocycles. The summed E-state index contributed by atoms with van der Waals surface area (Å²) < 4.78 is 14.5. The lowest BCUT2D eigenvalue weighted by Crippen LogP contribution is -2.16. The Morgan fingerprint density at radius 2 is 1.81 bits per heavy atom. The summed E-state index contributed by atoms with van der Waals surface area (Å²) in [5.74, 6) is 2.12. The van der Waals surface area contributed by atoms with Crippen molar-refractivity contribution < 1.29 is 9.47 Å². The van der Waals surface area contributed by atoms with Gasteiger partial charge >= 0.3 is 0 Å². The van der Waals surface area contributed by atoms with Gasteiger partial charge in [0.1, 0.15) is 0 Å². The zero-order chi connectivity index (χ0) is 19.2. The normalized spacial score (nSPS) is 10.6. The zero-order valence-electron chi connectivity index (χ0n) is 15.0. The first kappa shape index (κ1) is 19.4.